The molecule has 1 unspecified atom stereocenters. The molecule has 8 heteroatoms. The smallest absolute Gasteiger partial charge is 0.407 e. The summed E-state index contributed by atoms with van der Waals surface area (Å²) in [7, 11) is 0. The lowest BCUT2D eigenvalue weighted by molar-refractivity contribution is 0.0863. The quantitative estimate of drug-likeness (QED) is 0.587. The summed E-state index contributed by atoms with van der Waals surface area (Å²) in [4.78, 5) is 14.3. The molecular formula is C23H25FN4O2S. The fourth-order valence-electron chi connectivity index (χ4n) is 3.80. The van der Waals surface area contributed by atoms with Crippen molar-refractivity contribution in [3.8, 4) is 11.3 Å². The number of benzene rings is 2. The number of nitrogens with zero attached hydrogens (tertiary/aromatic N) is 3. The molecule has 0 aliphatic carbocycles. The van der Waals surface area contributed by atoms with Crippen molar-refractivity contribution in [2.45, 2.75) is 25.9 Å². The molecule has 2 aromatic carbocycles. The third-order valence-electron chi connectivity index (χ3n) is 5.45. The fraction of sp³-hybridized carbons (Fsp3) is 0.348. The molecule has 1 amide bonds. The Hall–Kier alpha value is -2.84. The molecule has 4 rings (SSSR count). The molecular weight excluding hydrogens is 415 g/mol. The number of hydrogen-bond donors (Lipinski definition) is 1. The molecule has 0 saturated carbocycles. The van der Waals surface area contributed by atoms with E-state index in [-0.39, 0.29) is 11.7 Å². The van der Waals surface area contributed by atoms with Crippen LogP contribution in [0.4, 0.5) is 9.18 Å². The third-order valence-corrected chi connectivity index (χ3v) is 5.96. The molecule has 1 saturated heterocycles. The Bertz CT molecular complexity index is 982. The Labute approximate surface area is 185 Å². The average molecular weight is 441 g/mol. The van der Waals surface area contributed by atoms with Crippen molar-refractivity contribution in [2.75, 3.05) is 19.7 Å². The molecule has 0 spiro atoms. The van der Waals surface area contributed by atoms with Crippen molar-refractivity contribution < 1.29 is 13.9 Å². The highest BCUT2D eigenvalue weighted by Gasteiger charge is 2.22. The van der Waals surface area contributed by atoms with Gasteiger partial charge in [0.15, 0.2) is 0 Å². The van der Waals surface area contributed by atoms with E-state index in [4.69, 9.17) is 4.74 Å². The second-order valence-electron chi connectivity index (χ2n) is 7.77. The predicted molar refractivity (Wildman–Crippen MR) is 118 cm³/mol. The predicted octanol–water partition coefficient (Wildman–Crippen LogP) is 4.48. The van der Waals surface area contributed by atoms with Gasteiger partial charge in [0.2, 0.25) is 0 Å². The van der Waals surface area contributed by atoms with Gasteiger partial charge < -0.3 is 10.1 Å². The molecule has 1 aliphatic rings. The third kappa shape index (κ3) is 6.08. The number of carbonyl (C=O) groups is 1. The maximum atomic E-state index is 13.9. The van der Waals surface area contributed by atoms with Crippen molar-refractivity contribution in [1.29, 1.82) is 0 Å². The van der Waals surface area contributed by atoms with Gasteiger partial charge in [0.25, 0.3) is 0 Å². The number of alkyl carbamates (subject to hydrolysis) is 1. The highest BCUT2D eigenvalue weighted by molar-refractivity contribution is 7.03. The van der Waals surface area contributed by atoms with Crippen LogP contribution in [0.25, 0.3) is 11.3 Å². The van der Waals surface area contributed by atoms with E-state index in [9.17, 15) is 9.18 Å². The molecule has 6 nitrogen and oxygen atoms in total. The maximum absolute atomic E-state index is 13.9. The van der Waals surface area contributed by atoms with E-state index >= 15 is 0 Å². The van der Waals surface area contributed by atoms with Gasteiger partial charge in [-0.3, -0.25) is 4.90 Å². The molecule has 162 valence electrons. The number of halogens is 1. The van der Waals surface area contributed by atoms with E-state index in [1.807, 2.05) is 41.8 Å². The number of rotatable bonds is 7. The van der Waals surface area contributed by atoms with Crippen LogP contribution < -0.4 is 5.32 Å². The lowest BCUT2D eigenvalue weighted by Gasteiger charge is -2.32. The molecule has 1 aromatic heterocycles. The number of amides is 1. The minimum atomic E-state index is -0.418. The fourth-order valence-corrected chi connectivity index (χ4v) is 4.27. The number of likely N-dealkylation sites (tertiary alicyclic amines) is 1. The van der Waals surface area contributed by atoms with Crippen LogP contribution in [0.3, 0.4) is 0 Å². The summed E-state index contributed by atoms with van der Waals surface area (Å²) in [5, 5.41) is 8.75. The van der Waals surface area contributed by atoms with E-state index in [2.05, 4.69) is 19.8 Å². The zero-order valence-electron chi connectivity index (χ0n) is 17.2. The number of carbonyl (C=O) groups excluding carboxylic acids is 1. The molecule has 1 fully saturated rings. The lowest BCUT2D eigenvalue weighted by atomic mass is 9.98. The Balaban J connectivity index is 1.19. The van der Waals surface area contributed by atoms with Gasteiger partial charge in [0.1, 0.15) is 11.5 Å². The molecule has 2 heterocycles. The van der Waals surface area contributed by atoms with Crippen molar-refractivity contribution in [3.63, 3.8) is 0 Å². The first-order valence-corrected chi connectivity index (χ1v) is 11.2. The number of ether oxygens (including phenoxy) is 1. The second kappa shape index (κ2) is 10.5. The van der Waals surface area contributed by atoms with Crippen LogP contribution in [0.5, 0.6) is 0 Å². The SMILES string of the molecule is O=C(NCc1ccc(-c2csnn2)cc1)OCC1CCCN(Cc2ccccc2F)C1. The first-order chi connectivity index (χ1) is 15.2. The highest BCUT2D eigenvalue weighted by Crippen LogP contribution is 2.20. The van der Waals surface area contributed by atoms with E-state index < -0.39 is 6.09 Å². The first-order valence-electron chi connectivity index (χ1n) is 10.4. The Morgan fingerprint density at radius 1 is 1.23 bits per heavy atom. The second-order valence-corrected chi connectivity index (χ2v) is 8.38. The van der Waals surface area contributed by atoms with E-state index in [1.165, 1.54) is 17.6 Å². The summed E-state index contributed by atoms with van der Waals surface area (Å²) >= 11 is 1.32. The molecule has 1 N–H and O–H groups in total. The summed E-state index contributed by atoms with van der Waals surface area (Å²) < 4.78 is 23.2. The molecule has 1 aliphatic heterocycles. The summed E-state index contributed by atoms with van der Waals surface area (Å²) in [5.41, 5.74) is 3.54. The number of piperidine rings is 1. The zero-order valence-corrected chi connectivity index (χ0v) is 18.0. The summed E-state index contributed by atoms with van der Waals surface area (Å²) in [6, 6.07) is 14.7. The van der Waals surface area contributed by atoms with Gasteiger partial charge in [-0.15, -0.1) is 5.10 Å². The number of nitrogens with one attached hydrogen (secondary N) is 1. The first kappa shape index (κ1) is 21.4. The molecule has 1 atom stereocenters. The van der Waals surface area contributed by atoms with Crippen molar-refractivity contribution in [2.24, 2.45) is 5.92 Å². The van der Waals surface area contributed by atoms with Gasteiger partial charge in [0.05, 0.1) is 6.61 Å². The number of aromatic nitrogens is 2. The largest absolute Gasteiger partial charge is 0.449 e. The highest BCUT2D eigenvalue weighted by atomic mass is 32.1. The number of hydrogen-bond acceptors (Lipinski definition) is 6. The van der Waals surface area contributed by atoms with Gasteiger partial charge in [-0.25, -0.2) is 9.18 Å². The van der Waals surface area contributed by atoms with E-state index in [0.717, 1.165) is 42.8 Å². The summed E-state index contributed by atoms with van der Waals surface area (Å²) in [6.45, 7) is 3.09. The summed E-state index contributed by atoms with van der Waals surface area (Å²) in [5.74, 6) is 0.0915. The van der Waals surface area contributed by atoms with Crippen LogP contribution in [0, 0.1) is 11.7 Å². The normalized spacial score (nSPS) is 16.7. The zero-order chi connectivity index (χ0) is 21.5. The Morgan fingerprint density at radius 3 is 2.84 bits per heavy atom. The lowest BCUT2D eigenvalue weighted by Crippen LogP contribution is -2.38. The molecule has 3 aromatic rings. The maximum Gasteiger partial charge on any atom is 0.407 e. The van der Waals surface area contributed by atoms with Crippen LogP contribution in [0.15, 0.2) is 53.9 Å². The van der Waals surface area contributed by atoms with Crippen LogP contribution in [0.2, 0.25) is 0 Å². The average Bonchev–Trinajstić information content (AvgIpc) is 3.34. The van der Waals surface area contributed by atoms with Gasteiger partial charge in [-0.2, -0.15) is 0 Å². The minimum absolute atomic E-state index is 0.170. The molecule has 31 heavy (non-hydrogen) atoms. The monoisotopic (exact) mass is 440 g/mol. The van der Waals surface area contributed by atoms with Crippen LogP contribution in [0.1, 0.15) is 24.0 Å². The van der Waals surface area contributed by atoms with E-state index in [1.54, 1.807) is 6.07 Å². The van der Waals surface area contributed by atoms with Crippen molar-refractivity contribution >= 4 is 17.6 Å². The van der Waals surface area contributed by atoms with Crippen LogP contribution in [-0.2, 0) is 17.8 Å². The van der Waals surface area contributed by atoms with Gasteiger partial charge in [-0.1, -0.05) is 47.0 Å². The minimum Gasteiger partial charge on any atom is -0.449 e. The van der Waals surface area contributed by atoms with Crippen molar-refractivity contribution in [1.82, 2.24) is 19.8 Å². The van der Waals surface area contributed by atoms with Crippen molar-refractivity contribution in [3.05, 3.63) is 70.9 Å². The van der Waals surface area contributed by atoms with Gasteiger partial charge in [0, 0.05) is 42.1 Å². The molecule has 0 bridgehead atoms. The van der Waals surface area contributed by atoms with E-state index in [0.29, 0.717) is 25.3 Å². The standard InChI is InChI=1S/C23H25FN4O2S/c24-21-6-2-1-5-20(21)14-28-11-3-4-18(13-28)15-30-23(29)25-12-17-7-9-19(10-8-17)22-16-31-27-26-22/h1-2,5-10,16,18H,3-4,11-15H2,(H,25,29). The Morgan fingerprint density at radius 2 is 2.06 bits per heavy atom. The summed E-state index contributed by atoms with van der Waals surface area (Å²) in [6.07, 6.45) is 1.61. The Kier molecular flexibility index (Phi) is 7.22. The van der Waals surface area contributed by atoms with Crippen LogP contribution in [-0.4, -0.2) is 40.3 Å². The van der Waals surface area contributed by atoms with Gasteiger partial charge in [-0.05, 0) is 42.5 Å². The van der Waals surface area contributed by atoms with Crippen LogP contribution >= 0.6 is 11.5 Å². The topological polar surface area (TPSA) is 67.3 Å². The van der Waals surface area contributed by atoms with Gasteiger partial charge >= 0.3 is 6.09 Å². The molecule has 0 radical (unpaired) electrons.